The van der Waals surface area contributed by atoms with E-state index >= 15 is 0 Å². The number of carbonyl (C=O) groups is 1. The lowest BCUT2D eigenvalue weighted by Crippen LogP contribution is -2.37. The molecule has 2 aromatic carbocycles. The molecular weight excluding hydrogens is 426 g/mol. The van der Waals surface area contributed by atoms with Crippen LogP contribution < -0.4 is 19.4 Å². The number of amides is 1. The Balaban J connectivity index is 1.37. The molecule has 1 amide bonds. The molecule has 0 N–H and O–H groups in total. The van der Waals surface area contributed by atoms with E-state index in [1.54, 1.807) is 13.4 Å². The number of anilines is 3. The largest absolute Gasteiger partial charge is 0.497 e. The average molecular weight is 458 g/mol. The highest BCUT2D eigenvalue weighted by molar-refractivity contribution is 5.98. The summed E-state index contributed by atoms with van der Waals surface area (Å²) in [5.41, 5.74) is 3.27. The van der Waals surface area contributed by atoms with E-state index in [0.717, 1.165) is 61.0 Å². The van der Waals surface area contributed by atoms with Gasteiger partial charge in [-0.25, -0.2) is 9.97 Å². The second kappa shape index (κ2) is 9.71. The summed E-state index contributed by atoms with van der Waals surface area (Å²) in [7, 11) is 3.57. The van der Waals surface area contributed by atoms with Crippen LogP contribution in [0.15, 0.2) is 60.9 Å². The molecule has 0 atom stereocenters. The molecule has 2 aliphatic heterocycles. The lowest BCUT2D eigenvalue weighted by Gasteiger charge is -2.34. The third kappa shape index (κ3) is 4.55. The zero-order valence-corrected chi connectivity index (χ0v) is 19.9. The summed E-state index contributed by atoms with van der Waals surface area (Å²) >= 11 is 0. The fourth-order valence-corrected chi connectivity index (χ4v) is 5.04. The highest BCUT2D eigenvalue weighted by atomic mass is 16.5. The third-order valence-corrected chi connectivity index (χ3v) is 6.92. The van der Waals surface area contributed by atoms with Gasteiger partial charge >= 0.3 is 0 Å². The number of ether oxygens (including phenoxy) is 1. The van der Waals surface area contributed by atoms with Crippen LogP contribution in [-0.2, 0) is 17.8 Å². The van der Waals surface area contributed by atoms with E-state index in [4.69, 9.17) is 9.72 Å². The lowest BCUT2D eigenvalue weighted by molar-refractivity contribution is -0.117. The number of fused-ring (bicyclic) bond motifs is 1. The first kappa shape index (κ1) is 22.2. The van der Waals surface area contributed by atoms with Crippen molar-refractivity contribution in [1.82, 2.24) is 9.97 Å². The minimum atomic E-state index is 0.0400. The first-order valence-electron chi connectivity index (χ1n) is 11.9. The summed E-state index contributed by atoms with van der Waals surface area (Å²) in [6.45, 7) is 2.64. The van der Waals surface area contributed by atoms with Gasteiger partial charge in [0.2, 0.25) is 5.91 Å². The van der Waals surface area contributed by atoms with Crippen LogP contribution >= 0.6 is 0 Å². The first-order chi connectivity index (χ1) is 16.6. The van der Waals surface area contributed by atoms with Crippen molar-refractivity contribution in [3.63, 3.8) is 0 Å². The van der Waals surface area contributed by atoms with Gasteiger partial charge in [0.25, 0.3) is 0 Å². The van der Waals surface area contributed by atoms with Crippen LogP contribution in [-0.4, -0.2) is 49.7 Å². The maximum absolute atomic E-state index is 13.1. The van der Waals surface area contributed by atoms with Crippen molar-refractivity contribution >= 4 is 23.2 Å². The van der Waals surface area contributed by atoms with Crippen molar-refractivity contribution in [2.45, 2.75) is 25.8 Å². The Morgan fingerprint density at radius 2 is 1.65 bits per heavy atom. The van der Waals surface area contributed by atoms with Crippen LogP contribution in [0.4, 0.5) is 17.3 Å². The highest BCUT2D eigenvalue weighted by Crippen LogP contribution is 2.34. The number of hydrogen-bond acceptors (Lipinski definition) is 6. The molecule has 176 valence electrons. The topological polar surface area (TPSA) is 61.8 Å². The minimum absolute atomic E-state index is 0.0400. The van der Waals surface area contributed by atoms with Gasteiger partial charge < -0.3 is 19.4 Å². The van der Waals surface area contributed by atoms with Crippen molar-refractivity contribution in [1.29, 1.82) is 0 Å². The van der Waals surface area contributed by atoms with Crippen LogP contribution in [0.2, 0.25) is 0 Å². The number of nitrogens with zero attached hydrogens (tertiary/aromatic N) is 5. The molecule has 5 rings (SSSR count). The van der Waals surface area contributed by atoms with E-state index in [2.05, 4.69) is 40.2 Å². The Kier molecular flexibility index (Phi) is 6.34. The number of carbonyl (C=O) groups excluding carboxylic acids is 1. The van der Waals surface area contributed by atoms with Crippen molar-refractivity contribution in [2.75, 3.05) is 48.5 Å². The molecule has 3 aromatic rings. The van der Waals surface area contributed by atoms with Crippen molar-refractivity contribution < 1.29 is 9.53 Å². The van der Waals surface area contributed by atoms with E-state index in [-0.39, 0.29) is 12.5 Å². The number of benzene rings is 2. The summed E-state index contributed by atoms with van der Waals surface area (Å²) < 4.78 is 5.29. The van der Waals surface area contributed by atoms with Crippen molar-refractivity contribution in [3.05, 3.63) is 72.1 Å². The number of rotatable bonds is 5. The Labute approximate surface area is 201 Å². The standard InChI is InChI=1S/C27H31N5O2/c1-30-18-25(33)32(22-8-10-23(34-2)11-9-22)17-24-26(30)28-19-29-27(24)31-14-12-21(13-15-31)16-20-6-4-3-5-7-20/h3-11,19,21H,12-18H2,1-2H3. The molecule has 0 aliphatic carbocycles. The number of likely N-dealkylation sites (N-methyl/N-ethyl adjacent to an activating group) is 1. The summed E-state index contributed by atoms with van der Waals surface area (Å²) in [5.74, 6) is 3.27. The first-order valence-corrected chi connectivity index (χ1v) is 11.9. The quantitative estimate of drug-likeness (QED) is 0.579. The molecule has 0 radical (unpaired) electrons. The van der Waals surface area contributed by atoms with E-state index in [0.29, 0.717) is 12.5 Å². The van der Waals surface area contributed by atoms with Crippen molar-refractivity contribution in [3.8, 4) is 5.75 Å². The number of hydrogen-bond donors (Lipinski definition) is 0. The maximum atomic E-state index is 13.1. The zero-order chi connectivity index (χ0) is 23.5. The van der Waals surface area contributed by atoms with E-state index in [1.807, 2.05) is 41.1 Å². The summed E-state index contributed by atoms with van der Waals surface area (Å²) in [6, 6.07) is 18.4. The van der Waals surface area contributed by atoms with Crippen LogP contribution in [0.5, 0.6) is 5.75 Å². The van der Waals surface area contributed by atoms with Gasteiger partial charge in [-0.1, -0.05) is 30.3 Å². The molecule has 34 heavy (non-hydrogen) atoms. The zero-order valence-electron chi connectivity index (χ0n) is 19.9. The molecule has 0 saturated carbocycles. The molecule has 1 aromatic heterocycles. The smallest absolute Gasteiger partial charge is 0.246 e. The molecular formula is C27H31N5O2. The molecule has 0 spiro atoms. The molecule has 2 aliphatic rings. The van der Waals surface area contributed by atoms with E-state index in [9.17, 15) is 4.79 Å². The maximum Gasteiger partial charge on any atom is 0.246 e. The Morgan fingerprint density at radius 1 is 0.941 bits per heavy atom. The van der Waals surface area contributed by atoms with Gasteiger partial charge in [-0.2, -0.15) is 0 Å². The monoisotopic (exact) mass is 457 g/mol. The Bertz CT molecular complexity index is 1130. The molecule has 1 fully saturated rings. The summed E-state index contributed by atoms with van der Waals surface area (Å²) in [6.07, 6.45) is 5.02. The predicted molar refractivity (Wildman–Crippen MR) is 135 cm³/mol. The molecule has 7 nitrogen and oxygen atoms in total. The second-order valence-electron chi connectivity index (χ2n) is 9.15. The Hall–Kier alpha value is -3.61. The highest BCUT2D eigenvalue weighted by Gasteiger charge is 2.31. The van der Waals surface area contributed by atoms with Gasteiger partial charge in [0.15, 0.2) is 0 Å². The fourth-order valence-electron chi connectivity index (χ4n) is 5.04. The average Bonchev–Trinajstić information content (AvgIpc) is 3.00. The number of aromatic nitrogens is 2. The third-order valence-electron chi connectivity index (χ3n) is 6.92. The van der Waals surface area contributed by atoms with Gasteiger partial charge in [-0.05, 0) is 55.0 Å². The van der Waals surface area contributed by atoms with Crippen molar-refractivity contribution in [2.24, 2.45) is 5.92 Å². The molecule has 1 saturated heterocycles. The SMILES string of the molecule is COc1ccc(N2Cc3c(ncnc3N3CCC(Cc4ccccc4)CC3)N(C)CC2=O)cc1. The Morgan fingerprint density at radius 3 is 2.35 bits per heavy atom. The van der Waals surface area contributed by atoms with Gasteiger partial charge in [-0.15, -0.1) is 0 Å². The van der Waals surface area contributed by atoms with Gasteiger partial charge in [0, 0.05) is 25.8 Å². The number of methoxy groups -OCH3 is 1. The van der Waals surface area contributed by atoms with Crippen LogP contribution in [0.1, 0.15) is 24.0 Å². The van der Waals surface area contributed by atoms with Crippen LogP contribution in [0, 0.1) is 5.92 Å². The summed E-state index contributed by atoms with van der Waals surface area (Å²) in [4.78, 5) is 28.6. The van der Waals surface area contributed by atoms with Gasteiger partial charge in [0.05, 0.1) is 25.8 Å². The normalized spacial score (nSPS) is 16.9. The molecule has 3 heterocycles. The van der Waals surface area contributed by atoms with Crippen LogP contribution in [0.3, 0.4) is 0 Å². The van der Waals surface area contributed by atoms with E-state index < -0.39 is 0 Å². The second-order valence-corrected chi connectivity index (χ2v) is 9.15. The summed E-state index contributed by atoms with van der Waals surface area (Å²) in [5, 5.41) is 0. The lowest BCUT2D eigenvalue weighted by atomic mass is 9.90. The molecule has 0 bridgehead atoms. The molecule has 7 heteroatoms. The minimum Gasteiger partial charge on any atom is -0.497 e. The van der Waals surface area contributed by atoms with Gasteiger partial charge in [-0.3, -0.25) is 4.79 Å². The fraction of sp³-hybridized carbons (Fsp3) is 0.370. The molecule has 0 unspecified atom stereocenters. The van der Waals surface area contributed by atoms with Crippen LogP contribution in [0.25, 0.3) is 0 Å². The predicted octanol–water partition coefficient (Wildman–Crippen LogP) is 3.93. The number of piperidine rings is 1. The van der Waals surface area contributed by atoms with Gasteiger partial charge in [0.1, 0.15) is 23.7 Å². The van der Waals surface area contributed by atoms with E-state index in [1.165, 1.54) is 5.56 Å².